The molecule has 3 N–H and O–H groups in total. The minimum Gasteiger partial charge on any atom is -0.477 e. The SMILES string of the molecule is O=C(O)C1=CC(/C=C/c2ccccc2)n2ncc(C(=O)Nc3ccccc3F)c2N1. The third kappa shape index (κ3) is 3.83. The molecule has 30 heavy (non-hydrogen) atoms. The van der Waals surface area contributed by atoms with Crippen LogP contribution in [0.5, 0.6) is 0 Å². The number of nitrogens with one attached hydrogen (secondary N) is 2. The molecule has 1 amide bonds. The zero-order valence-corrected chi connectivity index (χ0v) is 15.6. The van der Waals surface area contributed by atoms with Crippen LogP contribution in [-0.4, -0.2) is 26.8 Å². The van der Waals surface area contributed by atoms with Crippen LogP contribution in [0.15, 0.2) is 78.6 Å². The van der Waals surface area contributed by atoms with Crippen molar-refractivity contribution in [3.05, 3.63) is 95.6 Å². The Balaban J connectivity index is 1.66. The number of para-hydroxylation sites is 1. The van der Waals surface area contributed by atoms with Gasteiger partial charge in [-0.25, -0.2) is 13.9 Å². The van der Waals surface area contributed by atoms with Crippen LogP contribution in [0.2, 0.25) is 0 Å². The number of carbonyl (C=O) groups excluding carboxylic acids is 1. The first-order chi connectivity index (χ1) is 14.5. The quantitative estimate of drug-likeness (QED) is 0.599. The molecule has 0 aliphatic carbocycles. The molecule has 0 spiro atoms. The monoisotopic (exact) mass is 404 g/mol. The van der Waals surface area contributed by atoms with Gasteiger partial charge in [-0.05, 0) is 23.8 Å². The van der Waals surface area contributed by atoms with Gasteiger partial charge in [0, 0.05) is 0 Å². The molecular weight excluding hydrogens is 387 g/mol. The van der Waals surface area contributed by atoms with Crippen LogP contribution in [0.1, 0.15) is 22.0 Å². The lowest BCUT2D eigenvalue weighted by molar-refractivity contribution is -0.132. The normalized spacial score (nSPS) is 15.2. The summed E-state index contributed by atoms with van der Waals surface area (Å²) in [4.78, 5) is 24.3. The van der Waals surface area contributed by atoms with Crippen LogP contribution in [-0.2, 0) is 4.79 Å². The fourth-order valence-corrected chi connectivity index (χ4v) is 3.08. The number of anilines is 2. The first kappa shape index (κ1) is 19.1. The highest BCUT2D eigenvalue weighted by Gasteiger charge is 2.27. The van der Waals surface area contributed by atoms with E-state index in [2.05, 4.69) is 15.7 Å². The van der Waals surface area contributed by atoms with Crippen molar-refractivity contribution in [3.63, 3.8) is 0 Å². The number of carbonyl (C=O) groups is 2. The summed E-state index contributed by atoms with van der Waals surface area (Å²) < 4.78 is 15.4. The zero-order chi connectivity index (χ0) is 21.1. The van der Waals surface area contributed by atoms with E-state index in [9.17, 15) is 19.1 Å². The van der Waals surface area contributed by atoms with Crippen LogP contribution in [0.3, 0.4) is 0 Å². The van der Waals surface area contributed by atoms with E-state index in [4.69, 9.17) is 0 Å². The van der Waals surface area contributed by atoms with Crippen LogP contribution in [0.25, 0.3) is 6.08 Å². The molecule has 0 saturated heterocycles. The second kappa shape index (κ2) is 8.04. The molecule has 0 saturated carbocycles. The number of carboxylic acid groups (broad SMARTS) is 1. The highest BCUT2D eigenvalue weighted by Crippen LogP contribution is 2.30. The Labute approximate surface area is 171 Å². The number of rotatable bonds is 5. The fraction of sp³-hybridized carbons (Fsp3) is 0.0455. The Morgan fingerprint density at radius 1 is 1.13 bits per heavy atom. The van der Waals surface area contributed by atoms with Crippen molar-refractivity contribution in [2.75, 3.05) is 10.6 Å². The number of fused-ring (bicyclic) bond motifs is 1. The second-order valence-corrected chi connectivity index (χ2v) is 6.56. The highest BCUT2D eigenvalue weighted by molar-refractivity contribution is 6.08. The van der Waals surface area contributed by atoms with Gasteiger partial charge in [0.1, 0.15) is 22.9 Å². The maximum absolute atomic E-state index is 13.9. The van der Waals surface area contributed by atoms with Gasteiger partial charge in [0.15, 0.2) is 0 Å². The molecule has 0 bridgehead atoms. The molecular formula is C22H17FN4O3. The molecule has 1 unspecified atom stereocenters. The van der Waals surface area contributed by atoms with Crippen LogP contribution in [0.4, 0.5) is 15.9 Å². The van der Waals surface area contributed by atoms with E-state index in [0.29, 0.717) is 0 Å². The molecule has 2 aromatic carbocycles. The number of hydrogen-bond acceptors (Lipinski definition) is 4. The Kier molecular flexibility index (Phi) is 5.13. The second-order valence-electron chi connectivity index (χ2n) is 6.56. The highest BCUT2D eigenvalue weighted by atomic mass is 19.1. The van der Waals surface area contributed by atoms with Crippen molar-refractivity contribution < 1.29 is 19.1 Å². The molecule has 1 aliphatic heterocycles. The van der Waals surface area contributed by atoms with Crippen molar-refractivity contribution in [1.82, 2.24) is 9.78 Å². The zero-order valence-electron chi connectivity index (χ0n) is 15.6. The topological polar surface area (TPSA) is 96.2 Å². The van der Waals surface area contributed by atoms with Crippen LogP contribution in [0, 0.1) is 5.82 Å². The minimum absolute atomic E-state index is 0.0211. The van der Waals surface area contributed by atoms with Crippen LogP contribution >= 0.6 is 0 Å². The predicted octanol–water partition coefficient (Wildman–Crippen LogP) is 3.92. The molecule has 1 aromatic heterocycles. The van der Waals surface area contributed by atoms with Gasteiger partial charge in [0.05, 0.1) is 17.9 Å². The molecule has 2 heterocycles. The van der Waals surface area contributed by atoms with E-state index in [1.165, 1.54) is 35.2 Å². The van der Waals surface area contributed by atoms with E-state index in [-0.39, 0.29) is 22.8 Å². The van der Waals surface area contributed by atoms with E-state index in [1.807, 2.05) is 36.4 Å². The van der Waals surface area contributed by atoms with Crippen molar-refractivity contribution in [3.8, 4) is 0 Å². The molecule has 3 aromatic rings. The first-order valence-electron chi connectivity index (χ1n) is 9.11. The standard InChI is InChI=1S/C22H17FN4O3/c23-17-8-4-5-9-18(17)26-21(28)16-13-24-27-15(11-10-14-6-2-1-3-7-14)12-19(22(29)30)25-20(16)27/h1-13,15,25H,(H,26,28)(H,29,30)/b11-10+. The molecule has 1 atom stereocenters. The van der Waals surface area contributed by atoms with Gasteiger partial charge in [-0.1, -0.05) is 54.6 Å². The molecule has 8 heteroatoms. The molecule has 0 radical (unpaired) electrons. The first-order valence-corrected chi connectivity index (χ1v) is 9.11. The Morgan fingerprint density at radius 2 is 1.87 bits per heavy atom. The Morgan fingerprint density at radius 3 is 2.60 bits per heavy atom. The van der Waals surface area contributed by atoms with Gasteiger partial charge in [0.25, 0.3) is 5.91 Å². The van der Waals surface area contributed by atoms with E-state index in [0.717, 1.165) is 5.56 Å². The van der Waals surface area contributed by atoms with Crippen molar-refractivity contribution in [2.45, 2.75) is 6.04 Å². The number of carboxylic acids is 1. The smallest absolute Gasteiger partial charge is 0.352 e. The average Bonchev–Trinajstić information content (AvgIpc) is 3.18. The Bertz CT molecular complexity index is 1170. The maximum Gasteiger partial charge on any atom is 0.352 e. The summed E-state index contributed by atoms with van der Waals surface area (Å²) >= 11 is 0. The summed E-state index contributed by atoms with van der Waals surface area (Å²) in [5, 5.41) is 18.9. The maximum atomic E-state index is 13.9. The lowest BCUT2D eigenvalue weighted by atomic mass is 10.1. The molecule has 1 aliphatic rings. The largest absolute Gasteiger partial charge is 0.477 e. The summed E-state index contributed by atoms with van der Waals surface area (Å²) in [6.07, 6.45) is 6.45. The summed E-state index contributed by atoms with van der Waals surface area (Å²) in [6.45, 7) is 0. The Hall–Kier alpha value is -4.20. The number of hydrogen-bond donors (Lipinski definition) is 3. The van der Waals surface area contributed by atoms with Crippen molar-refractivity contribution >= 4 is 29.5 Å². The number of halogens is 1. The van der Waals surface area contributed by atoms with Gasteiger partial charge in [-0.15, -0.1) is 0 Å². The summed E-state index contributed by atoms with van der Waals surface area (Å²) in [5.41, 5.74) is 0.981. The van der Waals surface area contributed by atoms with Gasteiger partial charge < -0.3 is 15.7 Å². The lowest BCUT2D eigenvalue weighted by Gasteiger charge is -2.22. The number of nitrogens with zero attached hydrogens (tertiary/aromatic N) is 2. The van der Waals surface area contributed by atoms with Crippen molar-refractivity contribution in [1.29, 1.82) is 0 Å². The third-order valence-corrected chi connectivity index (χ3v) is 4.55. The minimum atomic E-state index is -1.17. The number of benzene rings is 2. The summed E-state index contributed by atoms with van der Waals surface area (Å²) in [5.74, 6) is -2.13. The molecule has 7 nitrogen and oxygen atoms in total. The molecule has 150 valence electrons. The average molecular weight is 404 g/mol. The van der Waals surface area contributed by atoms with Gasteiger partial charge in [-0.2, -0.15) is 5.10 Å². The van der Waals surface area contributed by atoms with Crippen molar-refractivity contribution in [2.24, 2.45) is 0 Å². The number of allylic oxidation sites excluding steroid dienone is 2. The van der Waals surface area contributed by atoms with Crippen LogP contribution < -0.4 is 10.6 Å². The predicted molar refractivity (Wildman–Crippen MR) is 110 cm³/mol. The number of aliphatic carboxylic acids is 1. The molecule has 4 rings (SSSR count). The summed E-state index contributed by atoms with van der Waals surface area (Å²) in [6, 6.07) is 14.8. The van der Waals surface area contributed by atoms with Gasteiger partial charge >= 0.3 is 5.97 Å². The summed E-state index contributed by atoms with van der Waals surface area (Å²) in [7, 11) is 0. The number of amides is 1. The number of aromatic nitrogens is 2. The molecule has 0 fully saturated rings. The van der Waals surface area contributed by atoms with E-state index < -0.39 is 23.7 Å². The van der Waals surface area contributed by atoms with Gasteiger partial charge in [-0.3, -0.25) is 4.79 Å². The van der Waals surface area contributed by atoms with E-state index in [1.54, 1.807) is 12.1 Å². The third-order valence-electron chi connectivity index (χ3n) is 4.55. The fourth-order valence-electron chi connectivity index (χ4n) is 3.08. The lowest BCUT2D eigenvalue weighted by Crippen LogP contribution is -2.24. The van der Waals surface area contributed by atoms with Gasteiger partial charge in [0.2, 0.25) is 0 Å². The van der Waals surface area contributed by atoms with E-state index >= 15 is 0 Å².